The van der Waals surface area contributed by atoms with Gasteiger partial charge in [-0.2, -0.15) is 0 Å². The molecule has 2 amide bonds. The van der Waals surface area contributed by atoms with Crippen LogP contribution in [0.5, 0.6) is 0 Å². The molecule has 2 unspecified atom stereocenters. The van der Waals surface area contributed by atoms with Gasteiger partial charge in [0.2, 0.25) is 5.91 Å². The fourth-order valence-corrected chi connectivity index (χ4v) is 3.06. The third kappa shape index (κ3) is 6.84. The predicted molar refractivity (Wildman–Crippen MR) is 97.4 cm³/mol. The number of rotatable bonds is 9. The molecule has 1 heterocycles. The van der Waals surface area contributed by atoms with E-state index in [2.05, 4.69) is 15.5 Å². The van der Waals surface area contributed by atoms with E-state index in [1.54, 1.807) is 19.2 Å². The zero-order chi connectivity index (χ0) is 18.1. The lowest BCUT2D eigenvalue weighted by molar-refractivity contribution is -0.121. The van der Waals surface area contributed by atoms with Crippen LogP contribution >= 0.6 is 0 Å². The summed E-state index contributed by atoms with van der Waals surface area (Å²) in [6, 6.07) is 8.84. The Morgan fingerprint density at radius 2 is 2.08 bits per heavy atom. The van der Waals surface area contributed by atoms with Crippen LogP contribution in [0.15, 0.2) is 30.3 Å². The standard InChI is InChI=1S/C19H29N3O3/c1-15(21-19(24)17-6-4-3-5-7-17)12-18(23)20-13-16-8-9-22(14-16)10-11-25-2/h3-7,15-16H,8-14H2,1-2H3,(H,20,23)(H,21,24). The lowest BCUT2D eigenvalue weighted by atomic mass is 10.1. The van der Waals surface area contributed by atoms with Gasteiger partial charge in [-0.15, -0.1) is 0 Å². The minimum atomic E-state index is -0.200. The van der Waals surface area contributed by atoms with Gasteiger partial charge < -0.3 is 20.3 Å². The van der Waals surface area contributed by atoms with E-state index in [9.17, 15) is 9.59 Å². The van der Waals surface area contributed by atoms with E-state index >= 15 is 0 Å². The van der Waals surface area contributed by atoms with Crippen molar-refractivity contribution in [2.45, 2.75) is 25.8 Å². The molecule has 1 aromatic carbocycles. The Morgan fingerprint density at radius 1 is 1.32 bits per heavy atom. The van der Waals surface area contributed by atoms with Crippen molar-refractivity contribution in [3.63, 3.8) is 0 Å². The fraction of sp³-hybridized carbons (Fsp3) is 0.579. The topological polar surface area (TPSA) is 70.7 Å². The molecule has 1 fully saturated rings. The van der Waals surface area contributed by atoms with Gasteiger partial charge in [0.1, 0.15) is 0 Å². The number of carbonyl (C=O) groups is 2. The number of likely N-dealkylation sites (tertiary alicyclic amines) is 1. The molecule has 6 nitrogen and oxygen atoms in total. The second-order valence-corrected chi connectivity index (χ2v) is 6.70. The van der Waals surface area contributed by atoms with Crippen LogP contribution in [-0.4, -0.2) is 62.7 Å². The van der Waals surface area contributed by atoms with Crippen LogP contribution < -0.4 is 10.6 Å². The Hall–Kier alpha value is -1.92. The van der Waals surface area contributed by atoms with Crippen LogP contribution in [0, 0.1) is 5.92 Å². The Balaban J connectivity index is 1.64. The van der Waals surface area contributed by atoms with Gasteiger partial charge in [0.25, 0.3) is 5.91 Å². The number of benzene rings is 1. The van der Waals surface area contributed by atoms with Crippen LogP contribution in [0.1, 0.15) is 30.1 Å². The number of hydrogen-bond donors (Lipinski definition) is 2. The molecule has 25 heavy (non-hydrogen) atoms. The average Bonchev–Trinajstić information content (AvgIpc) is 3.06. The van der Waals surface area contributed by atoms with Gasteiger partial charge in [0.05, 0.1) is 6.61 Å². The number of nitrogens with one attached hydrogen (secondary N) is 2. The van der Waals surface area contributed by atoms with Gasteiger partial charge in [-0.1, -0.05) is 18.2 Å². The van der Waals surface area contributed by atoms with Crippen molar-refractivity contribution in [1.29, 1.82) is 0 Å². The van der Waals surface area contributed by atoms with Crippen molar-refractivity contribution in [3.05, 3.63) is 35.9 Å². The molecule has 0 saturated carbocycles. The van der Waals surface area contributed by atoms with Crippen LogP contribution in [-0.2, 0) is 9.53 Å². The maximum atomic E-state index is 12.1. The highest BCUT2D eigenvalue weighted by molar-refractivity contribution is 5.94. The third-order valence-electron chi connectivity index (χ3n) is 4.47. The summed E-state index contributed by atoms with van der Waals surface area (Å²) in [7, 11) is 1.71. The first-order valence-electron chi connectivity index (χ1n) is 8.92. The number of hydrogen-bond acceptors (Lipinski definition) is 4. The average molecular weight is 347 g/mol. The van der Waals surface area contributed by atoms with Gasteiger partial charge >= 0.3 is 0 Å². The van der Waals surface area contributed by atoms with Crippen molar-refractivity contribution in [1.82, 2.24) is 15.5 Å². The largest absolute Gasteiger partial charge is 0.383 e. The quantitative estimate of drug-likeness (QED) is 0.706. The summed E-state index contributed by atoms with van der Waals surface area (Å²) in [5.41, 5.74) is 0.608. The summed E-state index contributed by atoms with van der Waals surface area (Å²) in [4.78, 5) is 26.5. The number of carbonyl (C=O) groups excluding carboxylic acids is 2. The van der Waals surface area contributed by atoms with Crippen molar-refractivity contribution in [3.8, 4) is 0 Å². The van der Waals surface area contributed by atoms with Crippen LogP contribution in [0.4, 0.5) is 0 Å². The first kappa shape index (κ1) is 19.4. The van der Waals surface area contributed by atoms with Gasteiger partial charge in [0, 0.05) is 44.8 Å². The molecule has 0 spiro atoms. The summed E-state index contributed by atoms with van der Waals surface area (Å²) >= 11 is 0. The maximum Gasteiger partial charge on any atom is 0.251 e. The minimum Gasteiger partial charge on any atom is -0.383 e. The molecular formula is C19H29N3O3. The molecule has 1 aromatic rings. The fourth-order valence-electron chi connectivity index (χ4n) is 3.06. The first-order chi connectivity index (χ1) is 12.1. The van der Waals surface area contributed by atoms with E-state index in [-0.39, 0.29) is 17.9 Å². The van der Waals surface area contributed by atoms with E-state index in [0.29, 0.717) is 24.4 Å². The molecule has 1 aliphatic heterocycles. The number of amides is 2. The second-order valence-electron chi connectivity index (χ2n) is 6.70. The van der Waals surface area contributed by atoms with E-state index in [4.69, 9.17) is 4.74 Å². The molecule has 2 N–H and O–H groups in total. The number of nitrogens with zero attached hydrogens (tertiary/aromatic N) is 1. The molecule has 0 aliphatic carbocycles. The van der Waals surface area contributed by atoms with Gasteiger partial charge in [0.15, 0.2) is 0 Å². The predicted octanol–water partition coefficient (Wildman–Crippen LogP) is 1.28. The van der Waals surface area contributed by atoms with Crippen molar-refractivity contribution < 1.29 is 14.3 Å². The monoisotopic (exact) mass is 347 g/mol. The Bertz CT molecular complexity index is 550. The highest BCUT2D eigenvalue weighted by Crippen LogP contribution is 2.14. The van der Waals surface area contributed by atoms with Crippen LogP contribution in [0.3, 0.4) is 0 Å². The minimum absolute atomic E-state index is 0.0174. The molecule has 0 radical (unpaired) electrons. The highest BCUT2D eigenvalue weighted by atomic mass is 16.5. The summed E-state index contributed by atoms with van der Waals surface area (Å²) in [6.45, 7) is 6.31. The number of methoxy groups -OCH3 is 1. The van der Waals surface area contributed by atoms with E-state index in [1.807, 2.05) is 25.1 Å². The van der Waals surface area contributed by atoms with Crippen molar-refractivity contribution in [2.75, 3.05) is 39.9 Å². The van der Waals surface area contributed by atoms with Gasteiger partial charge in [-0.05, 0) is 37.9 Å². The second kappa shape index (κ2) is 10.2. The maximum absolute atomic E-state index is 12.1. The SMILES string of the molecule is COCCN1CCC(CNC(=O)CC(C)NC(=O)c2ccccc2)C1. The summed E-state index contributed by atoms with van der Waals surface area (Å²) < 4.78 is 5.10. The zero-order valence-corrected chi connectivity index (χ0v) is 15.2. The molecule has 138 valence electrons. The normalized spacial score (nSPS) is 18.7. The molecule has 1 aliphatic rings. The van der Waals surface area contributed by atoms with E-state index in [1.165, 1.54) is 0 Å². The molecule has 0 bridgehead atoms. The molecule has 2 rings (SSSR count). The molecule has 6 heteroatoms. The van der Waals surface area contributed by atoms with E-state index in [0.717, 1.165) is 32.7 Å². The van der Waals surface area contributed by atoms with E-state index < -0.39 is 0 Å². The first-order valence-corrected chi connectivity index (χ1v) is 8.92. The Kier molecular flexibility index (Phi) is 7.88. The molecule has 1 saturated heterocycles. The number of ether oxygens (including phenoxy) is 1. The lowest BCUT2D eigenvalue weighted by Crippen LogP contribution is -2.38. The van der Waals surface area contributed by atoms with Gasteiger partial charge in [-0.25, -0.2) is 0 Å². The third-order valence-corrected chi connectivity index (χ3v) is 4.47. The summed E-state index contributed by atoms with van der Waals surface area (Å²) in [5, 5.41) is 5.86. The summed E-state index contributed by atoms with van der Waals surface area (Å²) in [6.07, 6.45) is 1.39. The zero-order valence-electron chi connectivity index (χ0n) is 15.2. The van der Waals surface area contributed by atoms with Gasteiger partial charge in [-0.3, -0.25) is 9.59 Å². The van der Waals surface area contributed by atoms with Crippen molar-refractivity contribution >= 4 is 11.8 Å². The summed E-state index contributed by atoms with van der Waals surface area (Å²) in [5.74, 6) is 0.330. The molecule has 2 atom stereocenters. The molecular weight excluding hydrogens is 318 g/mol. The van der Waals surface area contributed by atoms with Crippen LogP contribution in [0.2, 0.25) is 0 Å². The Labute approximate surface area is 149 Å². The van der Waals surface area contributed by atoms with Crippen LogP contribution in [0.25, 0.3) is 0 Å². The highest BCUT2D eigenvalue weighted by Gasteiger charge is 2.22. The molecule has 0 aromatic heterocycles. The smallest absolute Gasteiger partial charge is 0.251 e. The lowest BCUT2D eigenvalue weighted by Gasteiger charge is -2.17. The Morgan fingerprint density at radius 3 is 2.80 bits per heavy atom. The van der Waals surface area contributed by atoms with Crippen molar-refractivity contribution in [2.24, 2.45) is 5.92 Å².